The van der Waals surface area contributed by atoms with E-state index in [1.54, 1.807) is 0 Å². The minimum Gasteiger partial charge on any atom is -0.480 e. The molecule has 0 saturated heterocycles. The first-order chi connectivity index (χ1) is 7.69. The van der Waals surface area contributed by atoms with Gasteiger partial charge in [0, 0.05) is 0 Å². The van der Waals surface area contributed by atoms with E-state index in [2.05, 4.69) is 0 Å². The number of hydrogen-bond acceptors (Lipinski definition) is 2. The topological polar surface area (TPSA) is 61.1 Å². The zero-order valence-corrected chi connectivity index (χ0v) is 9.30. The summed E-state index contributed by atoms with van der Waals surface area (Å²) in [6.45, 7) is 0. The average Bonchev–Trinajstić information content (AvgIpc) is 2.21. The summed E-state index contributed by atoms with van der Waals surface area (Å²) in [5.41, 5.74) is 0. The minimum atomic E-state index is -0.903. The standard InChI is InChI=1S/C13H17NO2/c14-6-11(13(15)16)12-9-2-7-1-8(4-9)5-10(12)3-7/h7-12H,1-5H2,(H,15,16). The first-order valence-electron chi connectivity index (χ1n) is 6.31. The van der Waals surface area contributed by atoms with Crippen LogP contribution >= 0.6 is 0 Å². The number of nitrogens with zero attached hydrogens (tertiary/aromatic N) is 1. The summed E-state index contributed by atoms with van der Waals surface area (Å²) in [7, 11) is 0. The molecular formula is C13H17NO2. The van der Waals surface area contributed by atoms with Crippen LogP contribution in [0.1, 0.15) is 32.1 Å². The maximum atomic E-state index is 11.1. The fourth-order valence-corrected chi connectivity index (χ4v) is 4.82. The van der Waals surface area contributed by atoms with Crippen molar-refractivity contribution in [1.29, 1.82) is 5.26 Å². The highest BCUT2D eigenvalue weighted by Gasteiger charge is 2.52. The fraction of sp³-hybridized carbons (Fsp3) is 0.846. The second-order valence-corrected chi connectivity index (χ2v) is 5.95. The van der Waals surface area contributed by atoms with Crippen LogP contribution in [0.3, 0.4) is 0 Å². The molecule has 16 heavy (non-hydrogen) atoms. The van der Waals surface area contributed by atoms with E-state index in [0.717, 1.165) is 11.8 Å². The van der Waals surface area contributed by atoms with Crippen molar-refractivity contribution in [2.75, 3.05) is 0 Å². The summed E-state index contributed by atoms with van der Waals surface area (Å²) >= 11 is 0. The Bertz CT molecular complexity index is 329. The number of carboxylic acid groups (broad SMARTS) is 1. The van der Waals surface area contributed by atoms with E-state index in [1.165, 1.54) is 32.1 Å². The molecule has 3 heteroatoms. The van der Waals surface area contributed by atoms with Crippen LogP contribution < -0.4 is 0 Å². The van der Waals surface area contributed by atoms with Gasteiger partial charge in [-0.05, 0) is 61.7 Å². The molecular weight excluding hydrogens is 202 g/mol. The molecule has 0 aromatic rings. The third-order valence-corrected chi connectivity index (χ3v) is 5.09. The Morgan fingerprint density at radius 2 is 1.62 bits per heavy atom. The molecule has 4 rings (SSSR count). The van der Waals surface area contributed by atoms with E-state index >= 15 is 0 Å². The van der Waals surface area contributed by atoms with Gasteiger partial charge in [0.05, 0.1) is 6.07 Å². The van der Waals surface area contributed by atoms with Crippen LogP contribution in [0, 0.1) is 46.8 Å². The van der Waals surface area contributed by atoms with Gasteiger partial charge in [-0.1, -0.05) is 0 Å². The molecule has 1 N–H and O–H groups in total. The molecule has 1 unspecified atom stereocenters. The van der Waals surface area contributed by atoms with Gasteiger partial charge in [0.15, 0.2) is 0 Å². The number of aliphatic carboxylic acids is 1. The Kier molecular flexibility index (Phi) is 2.20. The lowest BCUT2D eigenvalue weighted by atomic mass is 9.50. The van der Waals surface area contributed by atoms with Gasteiger partial charge >= 0.3 is 5.97 Å². The molecule has 1 atom stereocenters. The number of rotatable bonds is 2. The number of nitriles is 1. The highest BCUT2D eigenvalue weighted by Crippen LogP contribution is 2.58. The van der Waals surface area contributed by atoms with E-state index in [9.17, 15) is 4.79 Å². The van der Waals surface area contributed by atoms with Crippen LogP contribution in [0.25, 0.3) is 0 Å². The number of hydrogen-bond donors (Lipinski definition) is 1. The van der Waals surface area contributed by atoms with Gasteiger partial charge in [0.25, 0.3) is 0 Å². The summed E-state index contributed by atoms with van der Waals surface area (Å²) in [4.78, 5) is 11.1. The summed E-state index contributed by atoms with van der Waals surface area (Å²) in [5.74, 6) is 1.22. The lowest BCUT2D eigenvalue weighted by Crippen LogP contribution is -2.48. The van der Waals surface area contributed by atoms with Crippen molar-refractivity contribution in [2.45, 2.75) is 32.1 Å². The third kappa shape index (κ3) is 1.36. The van der Waals surface area contributed by atoms with Crippen LogP contribution in [-0.2, 0) is 4.79 Å². The Morgan fingerprint density at radius 3 is 2.00 bits per heavy atom. The monoisotopic (exact) mass is 219 g/mol. The summed E-state index contributed by atoms with van der Waals surface area (Å²) in [6, 6.07) is 2.03. The molecule has 0 heterocycles. The number of carbonyl (C=O) groups is 1. The molecule has 4 bridgehead atoms. The maximum absolute atomic E-state index is 11.1. The fourth-order valence-electron chi connectivity index (χ4n) is 4.82. The van der Waals surface area contributed by atoms with Crippen LogP contribution in [0.4, 0.5) is 0 Å². The van der Waals surface area contributed by atoms with Gasteiger partial charge in [-0.25, -0.2) is 0 Å². The van der Waals surface area contributed by atoms with Gasteiger partial charge < -0.3 is 5.11 Å². The molecule has 86 valence electrons. The van der Waals surface area contributed by atoms with Crippen molar-refractivity contribution in [3.05, 3.63) is 0 Å². The molecule has 4 aliphatic carbocycles. The molecule has 4 aliphatic rings. The van der Waals surface area contributed by atoms with Crippen molar-refractivity contribution in [2.24, 2.45) is 35.5 Å². The number of carboxylic acids is 1. The second-order valence-electron chi connectivity index (χ2n) is 5.95. The van der Waals surface area contributed by atoms with Gasteiger partial charge in [-0.3, -0.25) is 4.79 Å². The van der Waals surface area contributed by atoms with E-state index < -0.39 is 11.9 Å². The summed E-state index contributed by atoms with van der Waals surface area (Å²) in [6.07, 6.45) is 6.10. The van der Waals surface area contributed by atoms with E-state index in [1.807, 2.05) is 6.07 Å². The highest BCUT2D eigenvalue weighted by molar-refractivity contribution is 5.73. The van der Waals surface area contributed by atoms with Crippen molar-refractivity contribution in [1.82, 2.24) is 0 Å². The first-order valence-corrected chi connectivity index (χ1v) is 6.31. The van der Waals surface area contributed by atoms with Gasteiger partial charge in [-0.15, -0.1) is 0 Å². The predicted octanol–water partition coefficient (Wildman–Crippen LogP) is 2.28. The Balaban J connectivity index is 1.86. The van der Waals surface area contributed by atoms with Crippen molar-refractivity contribution >= 4 is 5.97 Å². The van der Waals surface area contributed by atoms with Crippen molar-refractivity contribution in [3.8, 4) is 6.07 Å². The average molecular weight is 219 g/mol. The predicted molar refractivity (Wildman–Crippen MR) is 57.3 cm³/mol. The lowest BCUT2D eigenvalue weighted by Gasteiger charge is -2.55. The minimum absolute atomic E-state index is 0.148. The molecule has 0 aliphatic heterocycles. The van der Waals surface area contributed by atoms with Gasteiger partial charge in [0.2, 0.25) is 0 Å². The zero-order valence-electron chi connectivity index (χ0n) is 9.30. The Labute approximate surface area is 95.4 Å². The molecule has 0 radical (unpaired) electrons. The van der Waals surface area contributed by atoms with Crippen molar-refractivity contribution < 1.29 is 9.90 Å². The Morgan fingerprint density at radius 1 is 1.12 bits per heavy atom. The molecule has 4 saturated carbocycles. The third-order valence-electron chi connectivity index (χ3n) is 5.09. The molecule has 4 fully saturated rings. The van der Waals surface area contributed by atoms with Crippen LogP contribution in [0.5, 0.6) is 0 Å². The quantitative estimate of drug-likeness (QED) is 0.775. The summed E-state index contributed by atoms with van der Waals surface area (Å²) in [5, 5.41) is 18.2. The van der Waals surface area contributed by atoms with E-state index in [-0.39, 0.29) is 5.92 Å². The summed E-state index contributed by atoms with van der Waals surface area (Å²) < 4.78 is 0. The molecule has 0 aromatic carbocycles. The van der Waals surface area contributed by atoms with E-state index in [0.29, 0.717) is 11.8 Å². The van der Waals surface area contributed by atoms with E-state index in [4.69, 9.17) is 10.4 Å². The molecule has 0 spiro atoms. The second kappa shape index (κ2) is 3.48. The van der Waals surface area contributed by atoms with Crippen LogP contribution in [0.15, 0.2) is 0 Å². The SMILES string of the molecule is N#CC(C(=O)O)C1C2CC3CC(C2)CC1C3. The van der Waals surface area contributed by atoms with Gasteiger partial charge in [-0.2, -0.15) is 5.26 Å². The maximum Gasteiger partial charge on any atom is 0.321 e. The van der Waals surface area contributed by atoms with Crippen LogP contribution in [-0.4, -0.2) is 11.1 Å². The normalized spacial score (nSPS) is 46.3. The van der Waals surface area contributed by atoms with Crippen LogP contribution in [0.2, 0.25) is 0 Å². The zero-order chi connectivity index (χ0) is 11.3. The smallest absolute Gasteiger partial charge is 0.321 e. The lowest BCUT2D eigenvalue weighted by molar-refractivity contribution is -0.147. The highest BCUT2D eigenvalue weighted by atomic mass is 16.4. The molecule has 0 aromatic heterocycles. The first kappa shape index (κ1) is 10.1. The van der Waals surface area contributed by atoms with Crippen molar-refractivity contribution in [3.63, 3.8) is 0 Å². The van der Waals surface area contributed by atoms with Gasteiger partial charge in [0.1, 0.15) is 5.92 Å². The Hall–Kier alpha value is -1.04. The molecule has 3 nitrogen and oxygen atoms in total. The molecule has 0 amide bonds. The largest absolute Gasteiger partial charge is 0.480 e.